The van der Waals surface area contributed by atoms with E-state index in [1.807, 2.05) is 32.8 Å². The zero-order chi connectivity index (χ0) is 60.2. The molecule has 2 aliphatic rings. The van der Waals surface area contributed by atoms with Gasteiger partial charge in [-0.1, -0.05) is 63.7 Å². The fourth-order valence-corrected chi connectivity index (χ4v) is 10.1. The molecule has 2 aromatic heterocycles. The molecule has 4 aromatic carbocycles. The summed E-state index contributed by atoms with van der Waals surface area (Å²) in [6.07, 6.45) is 5.35. The molecule has 2 saturated heterocycles. The average molecular weight is 1460 g/mol. The third-order valence-electron chi connectivity index (χ3n) is 13.6. The number of anilines is 5. The van der Waals surface area contributed by atoms with Gasteiger partial charge in [0.15, 0.2) is 17.3 Å². The van der Waals surface area contributed by atoms with E-state index in [0.29, 0.717) is 76.9 Å². The molecule has 2 aliphatic heterocycles. The first kappa shape index (κ1) is 75.3. The molecule has 4 heterocycles. The summed E-state index contributed by atoms with van der Waals surface area (Å²) in [4.78, 5) is 124. The Bertz CT molecular complexity index is 3490. The molecule has 9 amide bonds. The first-order valence-corrected chi connectivity index (χ1v) is 28.1. The van der Waals surface area contributed by atoms with Crippen LogP contribution in [-0.2, 0) is 35.3 Å². The number of piperidine rings is 1. The number of hydrogen-bond acceptors (Lipinski definition) is 15. The number of halogens is 1. The normalized spacial score (nSPS) is 13.4. The Labute approximate surface area is 633 Å². The third kappa shape index (κ3) is 20.4. The van der Waals surface area contributed by atoms with E-state index in [4.69, 9.17) is 9.72 Å². The summed E-state index contributed by atoms with van der Waals surface area (Å²) in [7, 11) is 3.80. The zero-order valence-electron chi connectivity index (χ0n) is 51.2. The summed E-state index contributed by atoms with van der Waals surface area (Å²) in [6, 6.07) is 24.3. The molecule has 0 aliphatic carbocycles. The van der Waals surface area contributed by atoms with E-state index in [0.717, 1.165) is 5.56 Å². The number of nitrogens with zero attached hydrogens (tertiary/aromatic N) is 6. The molecule has 26 heteroatoms. The van der Waals surface area contributed by atoms with Crippen molar-refractivity contribution in [3.8, 4) is 0 Å². The smallest absolute Gasteiger partial charge is 0.445 e. The Balaban J connectivity index is 0.00000414. The van der Waals surface area contributed by atoms with Crippen LogP contribution < -0.4 is 170 Å². The number of ether oxygens (including phenoxy) is 1. The number of rotatable bonds is 21. The standard InChI is InChI=1S/C60H65FN12O10S.2CH3.2Cs/c1-35(2)46-32-63-73-53(46)69-58(51(61)54(73)66-43-9-7-10-44(31-43)67-55(78)39-18-22-42(23-19-39)64-47(74)11-8-28-70(5)6)84-45-26-29-71(30-27-45)60(82)83-34-37-12-20-41(21-13-37)65-48(75)33-62-57(80)52(36(3)4)68-56(79)38-14-16-40(17-15-38)59(81)72-49(76)24-25-50(72)77;;;;/h7-23,31-32,35-36,45,52,66H,24-30,33-34H2,1-6H3,(H,62,80)(H,64,74)(H,65,75)(H,67,78)(H,68,79);2*1H3;;/q;2*-1;2*+1/b11-8+;;;;. The van der Waals surface area contributed by atoms with Crippen molar-refractivity contribution >= 4 is 99.3 Å². The first-order valence-electron chi connectivity index (χ1n) is 27.2. The second-order valence-corrected chi connectivity index (χ2v) is 22.3. The Morgan fingerprint density at radius 2 is 1.35 bits per heavy atom. The van der Waals surface area contributed by atoms with Gasteiger partial charge in [-0.3, -0.25) is 38.4 Å². The summed E-state index contributed by atoms with van der Waals surface area (Å²) >= 11 is 1.29. The molecule has 454 valence electrons. The van der Waals surface area contributed by atoms with Crippen LogP contribution >= 0.6 is 11.8 Å². The van der Waals surface area contributed by atoms with Crippen LogP contribution in [0.2, 0.25) is 0 Å². The van der Waals surface area contributed by atoms with Crippen LogP contribution in [-0.4, -0.2) is 134 Å². The number of carbonyl (C=O) groups excluding carboxylic acids is 9. The van der Waals surface area contributed by atoms with Gasteiger partial charge in [0, 0.05) is 88.8 Å². The number of aromatic nitrogens is 3. The molecule has 88 heavy (non-hydrogen) atoms. The van der Waals surface area contributed by atoms with E-state index >= 15 is 4.39 Å². The monoisotopic (exact) mass is 1460 g/mol. The maximum atomic E-state index is 16.7. The van der Waals surface area contributed by atoms with Gasteiger partial charge in [0.2, 0.25) is 29.5 Å². The molecule has 0 bridgehead atoms. The molecule has 0 spiro atoms. The number of imide groups is 3. The van der Waals surface area contributed by atoms with E-state index in [1.54, 1.807) is 104 Å². The van der Waals surface area contributed by atoms with Gasteiger partial charge in [-0.05, 0) is 123 Å². The van der Waals surface area contributed by atoms with Crippen LogP contribution in [0.3, 0.4) is 0 Å². The van der Waals surface area contributed by atoms with Crippen LogP contribution in [0, 0.1) is 26.6 Å². The SMILES string of the molecule is CC(C)c1cnn2c(Nc3cccc(NC(=O)c4ccc(NC(=O)/C=C/CN(C)C)cc4)c3)c(F)c(SC3CCN(C(=O)OCc4ccc(NC(=O)CNC(=O)C(NC(=O)c5ccc(C(=O)N6C(=O)CCC6=O)cc5)C(C)C)cc4)CC3)nc12.[CH3-].[CH3-].[Cs+].[Cs+]. The summed E-state index contributed by atoms with van der Waals surface area (Å²) in [5, 5.41) is 21.3. The van der Waals surface area contributed by atoms with Gasteiger partial charge in [-0.25, -0.2) is 14.7 Å². The average Bonchev–Trinajstić information content (AvgIpc) is 3.20. The van der Waals surface area contributed by atoms with Crippen LogP contribution in [0.5, 0.6) is 0 Å². The minimum atomic E-state index is -1.02. The quantitative estimate of drug-likeness (QED) is 0.0262. The van der Waals surface area contributed by atoms with Gasteiger partial charge in [0.1, 0.15) is 17.7 Å². The number of fused-ring (bicyclic) bond motifs is 1. The minimum Gasteiger partial charge on any atom is -0.445 e. The predicted molar refractivity (Wildman–Crippen MR) is 327 cm³/mol. The van der Waals surface area contributed by atoms with Gasteiger partial charge in [0.25, 0.3) is 17.7 Å². The molecule has 0 saturated carbocycles. The van der Waals surface area contributed by atoms with Crippen molar-refractivity contribution in [2.75, 3.05) is 61.5 Å². The first-order chi connectivity index (χ1) is 40.2. The second-order valence-electron chi connectivity index (χ2n) is 21.0. The summed E-state index contributed by atoms with van der Waals surface area (Å²) in [6.45, 7) is 8.34. The molecule has 6 N–H and O–H groups in total. The number of hydrogen-bond donors (Lipinski definition) is 6. The molecule has 22 nitrogen and oxygen atoms in total. The van der Waals surface area contributed by atoms with Crippen molar-refractivity contribution in [3.63, 3.8) is 0 Å². The third-order valence-corrected chi connectivity index (χ3v) is 14.9. The topological polar surface area (TPSA) is 275 Å². The molecule has 1 atom stereocenters. The van der Waals surface area contributed by atoms with Gasteiger partial charge in [-0.15, -0.1) is 0 Å². The Hall–Kier alpha value is -5.19. The number of carbonyl (C=O) groups is 9. The van der Waals surface area contributed by atoms with E-state index in [9.17, 15) is 43.2 Å². The van der Waals surface area contributed by atoms with Crippen molar-refractivity contribution in [1.82, 2.24) is 39.9 Å². The van der Waals surface area contributed by atoms with Crippen LogP contribution in [0.4, 0.5) is 37.8 Å². The number of likely N-dealkylation sites (tertiary alicyclic amines) is 2. The van der Waals surface area contributed by atoms with Crippen LogP contribution in [0.1, 0.15) is 101 Å². The summed E-state index contributed by atoms with van der Waals surface area (Å²) < 4.78 is 23.8. The van der Waals surface area contributed by atoms with Crippen molar-refractivity contribution in [1.29, 1.82) is 0 Å². The number of benzene rings is 4. The molecule has 1 unspecified atom stereocenters. The minimum absolute atomic E-state index is 0. The summed E-state index contributed by atoms with van der Waals surface area (Å²) in [5.74, 6) is -5.27. The molecule has 6 aromatic rings. The maximum absolute atomic E-state index is 16.7. The number of amides is 9. The van der Waals surface area contributed by atoms with Crippen molar-refractivity contribution < 1.29 is 190 Å². The van der Waals surface area contributed by atoms with E-state index in [1.165, 1.54) is 46.6 Å². The zero-order valence-corrected chi connectivity index (χ0v) is 64.6. The number of thioether (sulfide) groups is 1. The molecule has 0 radical (unpaired) electrons. The molecule has 8 rings (SSSR count). The van der Waals surface area contributed by atoms with Crippen LogP contribution in [0.25, 0.3) is 5.65 Å². The van der Waals surface area contributed by atoms with Gasteiger partial charge >= 0.3 is 144 Å². The van der Waals surface area contributed by atoms with Gasteiger partial charge < -0.3 is 61.3 Å². The van der Waals surface area contributed by atoms with E-state index < -0.39 is 59.9 Å². The molecular formula is C62H71Cs2FN12O10S. The fourth-order valence-electron chi connectivity index (χ4n) is 9.01. The maximum Gasteiger partial charge on any atom is 1.00 e. The Morgan fingerprint density at radius 3 is 1.98 bits per heavy atom. The van der Waals surface area contributed by atoms with E-state index in [2.05, 4.69) is 37.0 Å². The largest absolute Gasteiger partial charge is 1.00 e. The van der Waals surface area contributed by atoms with Gasteiger partial charge in [-0.2, -0.15) is 14.0 Å². The van der Waals surface area contributed by atoms with E-state index in [-0.39, 0.29) is 223 Å². The Kier molecular flexibility index (Phi) is 30.3. The van der Waals surface area contributed by atoms with Crippen LogP contribution in [0.15, 0.2) is 120 Å². The second kappa shape index (κ2) is 35.4. The van der Waals surface area contributed by atoms with Crippen molar-refractivity contribution in [2.24, 2.45) is 5.92 Å². The van der Waals surface area contributed by atoms with Gasteiger partial charge in [0.05, 0.1) is 12.7 Å². The fraction of sp³-hybridized carbons (Fsp3) is 0.306. The molecular weight excluding hydrogens is 1390 g/mol. The van der Waals surface area contributed by atoms with Crippen molar-refractivity contribution in [3.05, 3.63) is 164 Å². The van der Waals surface area contributed by atoms with Crippen molar-refractivity contribution in [2.45, 2.75) is 82.2 Å². The Morgan fingerprint density at radius 1 is 0.761 bits per heavy atom. The molecule has 2 fully saturated rings. The number of likely N-dealkylation sites (N-methyl/N-ethyl adjacent to an activating group) is 1. The number of nitrogens with one attached hydrogen (secondary N) is 6. The predicted octanol–water partition coefficient (Wildman–Crippen LogP) is 2.64. The summed E-state index contributed by atoms with van der Waals surface area (Å²) in [5.41, 5.74) is 4.39.